The van der Waals surface area contributed by atoms with Crippen molar-refractivity contribution in [1.29, 1.82) is 0 Å². The highest BCUT2D eigenvalue weighted by Crippen LogP contribution is 2.37. The molecule has 0 spiro atoms. The third-order valence-electron chi connectivity index (χ3n) is 4.33. The summed E-state index contributed by atoms with van der Waals surface area (Å²) in [6.07, 6.45) is 2.13. The van der Waals surface area contributed by atoms with E-state index in [2.05, 4.69) is 49.4 Å². The van der Waals surface area contributed by atoms with Crippen LogP contribution in [0.15, 0.2) is 18.2 Å². The van der Waals surface area contributed by atoms with Crippen molar-refractivity contribution >= 4 is 5.69 Å². The largest absolute Gasteiger partial charge is 0.493 e. The van der Waals surface area contributed by atoms with Gasteiger partial charge >= 0.3 is 0 Å². The monoisotopic (exact) mass is 285 g/mol. The Balaban J connectivity index is 1.98. The van der Waals surface area contributed by atoms with Crippen molar-refractivity contribution in [2.45, 2.75) is 39.7 Å². The number of hydrogen-bond donors (Lipinski definition) is 1. The molecule has 0 radical (unpaired) electrons. The lowest BCUT2D eigenvalue weighted by Gasteiger charge is -2.20. The maximum atomic E-state index is 5.95. The number of fused-ring (bicyclic) bond motifs is 1. The highest BCUT2D eigenvalue weighted by atomic mass is 16.5. The summed E-state index contributed by atoms with van der Waals surface area (Å²) >= 11 is 0. The molecule has 112 valence electrons. The Morgan fingerprint density at radius 1 is 1.29 bits per heavy atom. The molecule has 21 heavy (non-hydrogen) atoms. The van der Waals surface area contributed by atoms with E-state index in [0.29, 0.717) is 0 Å². The molecule has 0 saturated carbocycles. The summed E-state index contributed by atoms with van der Waals surface area (Å²) in [6.45, 7) is 7.06. The van der Waals surface area contributed by atoms with Crippen molar-refractivity contribution in [2.24, 2.45) is 7.05 Å². The lowest BCUT2D eigenvalue weighted by atomic mass is 9.99. The van der Waals surface area contributed by atoms with Crippen LogP contribution in [0.3, 0.4) is 0 Å². The first-order valence-corrected chi connectivity index (χ1v) is 7.57. The van der Waals surface area contributed by atoms with Gasteiger partial charge in [0.05, 0.1) is 29.7 Å². The van der Waals surface area contributed by atoms with Crippen LogP contribution in [0.4, 0.5) is 5.69 Å². The number of benzene rings is 1. The van der Waals surface area contributed by atoms with Crippen LogP contribution in [0, 0.1) is 20.8 Å². The van der Waals surface area contributed by atoms with Crippen molar-refractivity contribution < 1.29 is 4.74 Å². The van der Waals surface area contributed by atoms with Gasteiger partial charge in [-0.3, -0.25) is 4.68 Å². The quantitative estimate of drug-likeness (QED) is 0.915. The highest BCUT2D eigenvalue weighted by molar-refractivity contribution is 5.55. The molecule has 1 atom stereocenters. The van der Waals surface area contributed by atoms with E-state index in [-0.39, 0.29) is 6.04 Å². The lowest BCUT2D eigenvalue weighted by molar-refractivity contribution is 0.314. The van der Waals surface area contributed by atoms with Crippen molar-refractivity contribution in [3.8, 4) is 5.75 Å². The van der Waals surface area contributed by atoms with E-state index in [1.165, 1.54) is 16.8 Å². The van der Waals surface area contributed by atoms with E-state index in [9.17, 15) is 0 Å². The van der Waals surface area contributed by atoms with Gasteiger partial charge in [0.1, 0.15) is 5.75 Å². The summed E-state index contributed by atoms with van der Waals surface area (Å²) in [7, 11) is 1.99. The van der Waals surface area contributed by atoms with Gasteiger partial charge in [0, 0.05) is 12.6 Å². The predicted molar refractivity (Wildman–Crippen MR) is 85.0 cm³/mol. The zero-order chi connectivity index (χ0) is 15.0. The number of rotatable bonds is 2. The Morgan fingerprint density at radius 3 is 2.81 bits per heavy atom. The maximum absolute atomic E-state index is 5.95. The topological polar surface area (TPSA) is 39.1 Å². The molecule has 4 nitrogen and oxygen atoms in total. The van der Waals surface area contributed by atoms with Crippen molar-refractivity contribution in [1.82, 2.24) is 9.78 Å². The number of ether oxygens (including phenoxy) is 1. The first-order chi connectivity index (χ1) is 10.1. The molecule has 2 heterocycles. The number of hydrogen-bond acceptors (Lipinski definition) is 3. The summed E-state index contributed by atoms with van der Waals surface area (Å²) in [5, 5.41) is 8.19. The second-order valence-corrected chi connectivity index (χ2v) is 5.85. The Bertz CT molecular complexity index is 660. The van der Waals surface area contributed by atoms with E-state index in [1.807, 2.05) is 11.7 Å². The van der Waals surface area contributed by atoms with Crippen LogP contribution in [0.25, 0.3) is 0 Å². The fourth-order valence-electron chi connectivity index (χ4n) is 3.07. The molecule has 0 amide bonds. The van der Waals surface area contributed by atoms with E-state index in [4.69, 9.17) is 4.74 Å². The molecule has 2 aromatic rings. The summed E-state index contributed by atoms with van der Waals surface area (Å²) in [6, 6.07) is 6.68. The average Bonchev–Trinajstić information content (AvgIpc) is 2.64. The number of para-hydroxylation sites is 1. The number of aromatic nitrogens is 2. The minimum absolute atomic E-state index is 0.281. The molecule has 0 fully saturated rings. The second kappa shape index (κ2) is 5.43. The minimum atomic E-state index is 0.281. The van der Waals surface area contributed by atoms with E-state index < -0.39 is 0 Å². The molecular formula is C17H23N3O. The average molecular weight is 285 g/mol. The zero-order valence-electron chi connectivity index (χ0n) is 13.2. The third kappa shape index (κ3) is 2.50. The molecule has 1 aromatic carbocycles. The Hall–Kier alpha value is -1.97. The molecule has 1 aromatic heterocycles. The molecule has 1 unspecified atom stereocenters. The fourth-order valence-corrected chi connectivity index (χ4v) is 3.07. The summed E-state index contributed by atoms with van der Waals surface area (Å²) in [5.41, 5.74) is 5.84. The molecule has 4 heteroatoms. The van der Waals surface area contributed by atoms with Crippen LogP contribution < -0.4 is 10.1 Å². The van der Waals surface area contributed by atoms with Crippen LogP contribution >= 0.6 is 0 Å². The van der Waals surface area contributed by atoms with Gasteiger partial charge in [-0.25, -0.2) is 0 Å². The van der Waals surface area contributed by atoms with Gasteiger partial charge in [-0.15, -0.1) is 0 Å². The molecule has 1 aliphatic rings. The summed E-state index contributed by atoms with van der Waals surface area (Å²) < 4.78 is 7.88. The van der Waals surface area contributed by atoms with Gasteiger partial charge in [0.25, 0.3) is 0 Å². The molecule has 1 aliphatic heterocycles. The third-order valence-corrected chi connectivity index (χ3v) is 4.33. The van der Waals surface area contributed by atoms with Gasteiger partial charge in [-0.1, -0.05) is 18.2 Å². The Morgan fingerprint density at radius 2 is 2.10 bits per heavy atom. The molecule has 0 aliphatic carbocycles. The summed E-state index contributed by atoms with van der Waals surface area (Å²) in [4.78, 5) is 0. The standard InChI is InChI=1S/C17H23N3O/c1-11-7-5-8-14-15(9-6-10-21-17(11)14)18-16-12(2)19-20(4)13(16)3/h5,7-8,15,18H,6,9-10H2,1-4H3. The molecule has 1 N–H and O–H groups in total. The Labute approximate surface area is 126 Å². The molecule has 0 saturated heterocycles. The number of nitrogens with zero attached hydrogens (tertiary/aromatic N) is 2. The number of anilines is 1. The fraction of sp³-hybridized carbons (Fsp3) is 0.471. The number of nitrogens with one attached hydrogen (secondary N) is 1. The highest BCUT2D eigenvalue weighted by Gasteiger charge is 2.22. The van der Waals surface area contributed by atoms with Crippen LogP contribution in [0.1, 0.15) is 41.4 Å². The number of aryl methyl sites for hydroxylation is 3. The van der Waals surface area contributed by atoms with Crippen LogP contribution in [-0.2, 0) is 7.05 Å². The van der Waals surface area contributed by atoms with Crippen molar-refractivity contribution in [3.63, 3.8) is 0 Å². The van der Waals surface area contributed by atoms with Crippen molar-refractivity contribution in [3.05, 3.63) is 40.7 Å². The van der Waals surface area contributed by atoms with E-state index >= 15 is 0 Å². The minimum Gasteiger partial charge on any atom is -0.493 e. The Kier molecular flexibility index (Phi) is 3.62. The normalized spacial score (nSPS) is 17.8. The van der Waals surface area contributed by atoms with Gasteiger partial charge in [0.2, 0.25) is 0 Å². The lowest BCUT2D eigenvalue weighted by Crippen LogP contribution is -2.11. The van der Waals surface area contributed by atoms with Gasteiger partial charge < -0.3 is 10.1 Å². The second-order valence-electron chi connectivity index (χ2n) is 5.85. The maximum Gasteiger partial charge on any atom is 0.127 e. The van der Waals surface area contributed by atoms with Crippen LogP contribution in [0.2, 0.25) is 0 Å². The van der Waals surface area contributed by atoms with Gasteiger partial charge in [0.15, 0.2) is 0 Å². The van der Waals surface area contributed by atoms with E-state index in [1.54, 1.807) is 0 Å². The van der Waals surface area contributed by atoms with E-state index in [0.717, 1.165) is 36.6 Å². The SMILES string of the molecule is Cc1cccc2c1OCCCC2Nc1c(C)nn(C)c1C. The summed E-state index contributed by atoms with van der Waals surface area (Å²) in [5.74, 6) is 1.05. The van der Waals surface area contributed by atoms with Crippen molar-refractivity contribution in [2.75, 3.05) is 11.9 Å². The zero-order valence-corrected chi connectivity index (χ0v) is 13.2. The smallest absolute Gasteiger partial charge is 0.127 e. The molecule has 3 rings (SSSR count). The predicted octanol–water partition coefficient (Wildman–Crippen LogP) is 3.67. The van der Waals surface area contributed by atoms with Crippen LogP contribution in [0.5, 0.6) is 5.75 Å². The van der Waals surface area contributed by atoms with Gasteiger partial charge in [-0.2, -0.15) is 5.10 Å². The molecular weight excluding hydrogens is 262 g/mol. The van der Waals surface area contributed by atoms with Gasteiger partial charge in [-0.05, 0) is 39.2 Å². The van der Waals surface area contributed by atoms with Crippen LogP contribution in [-0.4, -0.2) is 16.4 Å². The first-order valence-electron chi connectivity index (χ1n) is 7.57. The first kappa shape index (κ1) is 14.0. The molecule has 0 bridgehead atoms.